The predicted molar refractivity (Wildman–Crippen MR) is 103 cm³/mol. The fourth-order valence-electron chi connectivity index (χ4n) is 3.65. The summed E-state index contributed by atoms with van der Waals surface area (Å²) in [5.41, 5.74) is 0.0636. The third kappa shape index (κ3) is 3.96. The zero-order valence-corrected chi connectivity index (χ0v) is 16.4. The van der Waals surface area contributed by atoms with E-state index in [-0.39, 0.29) is 11.8 Å². The molecule has 0 radical (unpaired) electrons. The molecule has 10 heteroatoms. The van der Waals surface area contributed by atoms with E-state index in [9.17, 15) is 13.6 Å². The molecule has 154 valence electrons. The molecule has 1 aliphatic heterocycles. The minimum absolute atomic E-state index is 0.279. The molecule has 3 aromatic rings. The Balaban J connectivity index is 1.47. The van der Waals surface area contributed by atoms with Crippen molar-refractivity contribution in [3.8, 4) is 0 Å². The summed E-state index contributed by atoms with van der Waals surface area (Å²) in [6.45, 7) is 6.28. The Morgan fingerprint density at radius 3 is 2.55 bits per heavy atom. The Bertz CT molecular complexity index is 1050. The van der Waals surface area contributed by atoms with Gasteiger partial charge in [-0.05, 0) is 24.7 Å². The third-order valence-electron chi connectivity index (χ3n) is 5.36. The summed E-state index contributed by atoms with van der Waals surface area (Å²) in [6, 6.07) is 2.98. The number of anilines is 1. The molecule has 0 atom stereocenters. The molecule has 4 rings (SSSR count). The summed E-state index contributed by atoms with van der Waals surface area (Å²) in [5.74, 6) is 2.12. The summed E-state index contributed by atoms with van der Waals surface area (Å²) in [5, 5.41) is 4.30. The second-order valence-corrected chi connectivity index (χ2v) is 7.70. The molecule has 1 saturated heterocycles. The highest BCUT2D eigenvalue weighted by Gasteiger charge is 2.23. The van der Waals surface area contributed by atoms with Gasteiger partial charge in [0, 0.05) is 31.8 Å². The van der Waals surface area contributed by atoms with Crippen LogP contribution in [-0.2, 0) is 6.54 Å². The first kappa shape index (κ1) is 19.4. The highest BCUT2D eigenvalue weighted by molar-refractivity contribution is 5.48. The van der Waals surface area contributed by atoms with E-state index in [4.69, 9.17) is 0 Å². The van der Waals surface area contributed by atoms with Crippen LogP contribution in [0.25, 0.3) is 5.78 Å². The Hall–Kier alpha value is -2.91. The molecule has 0 amide bonds. The number of hydrogen-bond donors (Lipinski definition) is 0. The Kier molecular flexibility index (Phi) is 5.25. The first-order chi connectivity index (χ1) is 13.9. The van der Waals surface area contributed by atoms with Gasteiger partial charge >= 0.3 is 0 Å². The molecule has 4 heterocycles. The highest BCUT2D eigenvalue weighted by Crippen LogP contribution is 2.26. The number of hydrogen-bond acceptors (Lipinski definition) is 6. The lowest BCUT2D eigenvalue weighted by Crippen LogP contribution is -2.37. The molecule has 0 spiro atoms. The van der Waals surface area contributed by atoms with Crippen LogP contribution in [0.2, 0.25) is 0 Å². The van der Waals surface area contributed by atoms with E-state index >= 15 is 0 Å². The van der Waals surface area contributed by atoms with E-state index < -0.39 is 17.7 Å². The standard InChI is InChI=1S/C19H23F2N7O/c1-12(2)14-7-16(28-19(25-14)22-10-24-28)26-5-3-13(4-6-26)9-27-11-23-15(18(20)21)8-17(27)29/h7-8,10-13,18H,3-6,9H2,1-2H3. The fourth-order valence-corrected chi connectivity index (χ4v) is 3.65. The van der Waals surface area contributed by atoms with Crippen molar-refractivity contribution in [2.75, 3.05) is 18.0 Å². The maximum Gasteiger partial charge on any atom is 0.280 e. The Morgan fingerprint density at radius 2 is 1.90 bits per heavy atom. The fraction of sp³-hybridized carbons (Fsp3) is 0.526. The van der Waals surface area contributed by atoms with E-state index in [0.717, 1.165) is 43.5 Å². The minimum atomic E-state index is -2.73. The molecule has 0 aliphatic carbocycles. The molecular weight excluding hydrogens is 380 g/mol. The van der Waals surface area contributed by atoms with Gasteiger partial charge in [-0.3, -0.25) is 9.36 Å². The van der Waals surface area contributed by atoms with Crippen LogP contribution in [0, 0.1) is 5.92 Å². The van der Waals surface area contributed by atoms with E-state index in [1.165, 1.54) is 17.2 Å². The lowest BCUT2D eigenvalue weighted by atomic mass is 9.96. The second kappa shape index (κ2) is 7.84. The number of fused-ring (bicyclic) bond motifs is 1. The molecule has 1 aliphatic rings. The average molecular weight is 403 g/mol. The molecular formula is C19H23F2N7O. The summed E-state index contributed by atoms with van der Waals surface area (Å²) < 4.78 is 28.5. The summed E-state index contributed by atoms with van der Waals surface area (Å²) in [4.78, 5) is 26.8. The summed E-state index contributed by atoms with van der Waals surface area (Å²) in [7, 11) is 0. The molecule has 1 fully saturated rings. The average Bonchev–Trinajstić information content (AvgIpc) is 3.18. The predicted octanol–water partition coefficient (Wildman–Crippen LogP) is 2.66. The number of piperidine rings is 1. The van der Waals surface area contributed by atoms with Crippen molar-refractivity contribution in [2.24, 2.45) is 5.92 Å². The van der Waals surface area contributed by atoms with Gasteiger partial charge in [0.1, 0.15) is 17.8 Å². The van der Waals surface area contributed by atoms with Crippen LogP contribution in [0.1, 0.15) is 50.4 Å². The third-order valence-corrected chi connectivity index (χ3v) is 5.36. The van der Waals surface area contributed by atoms with Gasteiger partial charge in [-0.15, -0.1) is 0 Å². The maximum atomic E-state index is 12.7. The van der Waals surface area contributed by atoms with Gasteiger partial charge in [0.25, 0.3) is 17.8 Å². The molecule has 0 N–H and O–H groups in total. The van der Waals surface area contributed by atoms with Crippen LogP contribution in [0.15, 0.2) is 29.6 Å². The molecule has 0 aromatic carbocycles. The monoisotopic (exact) mass is 403 g/mol. The second-order valence-electron chi connectivity index (χ2n) is 7.70. The van der Waals surface area contributed by atoms with Crippen LogP contribution in [0.3, 0.4) is 0 Å². The normalized spacial score (nSPS) is 15.7. The van der Waals surface area contributed by atoms with E-state index in [2.05, 4.69) is 44.9 Å². The van der Waals surface area contributed by atoms with Crippen LogP contribution < -0.4 is 10.5 Å². The van der Waals surface area contributed by atoms with Crippen LogP contribution in [-0.4, -0.2) is 42.2 Å². The number of rotatable bonds is 5. The number of aromatic nitrogens is 6. The molecule has 3 aromatic heterocycles. The molecule has 8 nitrogen and oxygen atoms in total. The smallest absolute Gasteiger partial charge is 0.280 e. The number of halogens is 2. The van der Waals surface area contributed by atoms with Gasteiger partial charge < -0.3 is 4.90 Å². The molecule has 0 saturated carbocycles. The minimum Gasteiger partial charge on any atom is -0.356 e. The van der Waals surface area contributed by atoms with Crippen molar-refractivity contribution >= 4 is 11.6 Å². The largest absolute Gasteiger partial charge is 0.356 e. The Morgan fingerprint density at radius 1 is 1.14 bits per heavy atom. The van der Waals surface area contributed by atoms with Crippen molar-refractivity contribution < 1.29 is 8.78 Å². The van der Waals surface area contributed by atoms with Crippen LogP contribution in [0.4, 0.5) is 14.6 Å². The number of nitrogens with zero attached hydrogens (tertiary/aromatic N) is 7. The van der Waals surface area contributed by atoms with Crippen LogP contribution >= 0.6 is 0 Å². The van der Waals surface area contributed by atoms with Gasteiger partial charge in [0.15, 0.2) is 0 Å². The van der Waals surface area contributed by atoms with Crippen molar-refractivity contribution in [1.29, 1.82) is 0 Å². The van der Waals surface area contributed by atoms with Gasteiger partial charge in [-0.2, -0.15) is 14.6 Å². The zero-order valence-electron chi connectivity index (χ0n) is 16.4. The SMILES string of the molecule is CC(C)c1cc(N2CCC(Cn3cnc(C(F)F)cc3=O)CC2)n2ncnc2n1. The summed E-state index contributed by atoms with van der Waals surface area (Å²) >= 11 is 0. The molecule has 29 heavy (non-hydrogen) atoms. The van der Waals surface area contributed by atoms with Crippen LogP contribution in [0.5, 0.6) is 0 Å². The van der Waals surface area contributed by atoms with Gasteiger partial charge in [0.2, 0.25) is 0 Å². The zero-order chi connectivity index (χ0) is 20.5. The lowest BCUT2D eigenvalue weighted by molar-refractivity contribution is 0.145. The number of alkyl halides is 2. The highest BCUT2D eigenvalue weighted by atomic mass is 19.3. The van der Waals surface area contributed by atoms with Crippen molar-refractivity contribution in [3.63, 3.8) is 0 Å². The van der Waals surface area contributed by atoms with E-state index in [0.29, 0.717) is 12.3 Å². The first-order valence-electron chi connectivity index (χ1n) is 9.72. The van der Waals surface area contributed by atoms with Gasteiger partial charge in [0.05, 0.1) is 12.0 Å². The Labute approximate surface area is 166 Å². The lowest BCUT2D eigenvalue weighted by Gasteiger charge is -2.33. The van der Waals surface area contributed by atoms with Crippen molar-refractivity contribution in [3.05, 3.63) is 46.5 Å². The summed E-state index contributed by atoms with van der Waals surface area (Å²) in [6.07, 6.45) is 1.75. The quantitative estimate of drug-likeness (QED) is 0.652. The maximum absolute atomic E-state index is 12.7. The van der Waals surface area contributed by atoms with Crippen molar-refractivity contribution in [1.82, 2.24) is 29.1 Å². The molecule has 0 unspecified atom stereocenters. The molecule has 0 bridgehead atoms. The topological polar surface area (TPSA) is 81.2 Å². The first-order valence-corrected chi connectivity index (χ1v) is 9.72. The van der Waals surface area contributed by atoms with E-state index in [1.54, 1.807) is 4.52 Å². The van der Waals surface area contributed by atoms with E-state index in [1.807, 2.05) is 0 Å². The van der Waals surface area contributed by atoms with Crippen molar-refractivity contribution in [2.45, 2.75) is 45.6 Å². The van der Waals surface area contributed by atoms with Gasteiger partial charge in [-0.25, -0.2) is 18.7 Å². The van der Waals surface area contributed by atoms with Gasteiger partial charge in [-0.1, -0.05) is 13.8 Å².